The topological polar surface area (TPSA) is 131 Å². The van der Waals surface area contributed by atoms with Crippen molar-refractivity contribution in [2.75, 3.05) is 6.61 Å². The Bertz CT molecular complexity index is 846. The number of unbranched alkanes of at least 4 members (excludes halogenated alkanes) is 9. The minimum Gasteiger partial charge on any atom is -0.504 e. The van der Waals surface area contributed by atoms with Crippen LogP contribution in [-0.2, 0) is 11.3 Å². The molecule has 0 bridgehead atoms. The molecule has 0 aliphatic carbocycles. The molecule has 33 heavy (non-hydrogen) atoms. The van der Waals surface area contributed by atoms with E-state index in [-0.39, 0.29) is 17.9 Å². The van der Waals surface area contributed by atoms with Gasteiger partial charge < -0.3 is 20.1 Å². The summed E-state index contributed by atoms with van der Waals surface area (Å²) in [4.78, 5) is 11.3. The maximum atomic E-state index is 10.7. The Morgan fingerprint density at radius 3 is 2.27 bits per heavy atom. The molecule has 0 aliphatic heterocycles. The standard InChI is InChI=1S/C23H36N4O5S/c1-2-3-4-5-6-7-8-9-10-11-15-32-20-16-18(28)19(29)17-21(20)33-23-24-25-26-27(23)14-12-13-22(30)31/h16-17,28-29H,2-15H2,1H3,(H,30,31). The van der Waals surface area contributed by atoms with Crippen molar-refractivity contribution in [2.45, 2.75) is 101 Å². The van der Waals surface area contributed by atoms with Gasteiger partial charge in [0.1, 0.15) is 5.75 Å². The molecule has 9 nitrogen and oxygen atoms in total. The molecule has 0 saturated carbocycles. The number of nitrogens with zero attached hydrogens (tertiary/aromatic N) is 4. The molecule has 1 heterocycles. The molecule has 0 amide bonds. The predicted molar refractivity (Wildman–Crippen MR) is 126 cm³/mol. The molecule has 184 valence electrons. The summed E-state index contributed by atoms with van der Waals surface area (Å²) >= 11 is 1.20. The number of tetrazole rings is 1. The Hall–Kier alpha value is -2.49. The highest BCUT2D eigenvalue weighted by molar-refractivity contribution is 7.99. The number of hydrogen-bond acceptors (Lipinski definition) is 8. The number of ether oxygens (including phenoxy) is 1. The summed E-state index contributed by atoms with van der Waals surface area (Å²) in [7, 11) is 0. The lowest BCUT2D eigenvalue weighted by Crippen LogP contribution is -2.05. The van der Waals surface area contributed by atoms with Crippen molar-refractivity contribution in [3.8, 4) is 17.2 Å². The van der Waals surface area contributed by atoms with Crippen molar-refractivity contribution in [1.29, 1.82) is 0 Å². The number of rotatable bonds is 18. The molecule has 0 saturated heterocycles. The quantitative estimate of drug-likeness (QED) is 0.189. The second-order valence-corrected chi connectivity index (χ2v) is 9.11. The van der Waals surface area contributed by atoms with E-state index in [0.29, 0.717) is 35.4 Å². The van der Waals surface area contributed by atoms with E-state index >= 15 is 0 Å². The Morgan fingerprint density at radius 1 is 0.970 bits per heavy atom. The summed E-state index contributed by atoms with van der Waals surface area (Å²) in [6.07, 6.45) is 12.8. The van der Waals surface area contributed by atoms with Crippen LogP contribution >= 0.6 is 11.8 Å². The van der Waals surface area contributed by atoms with Gasteiger partial charge in [0.2, 0.25) is 5.16 Å². The fourth-order valence-electron chi connectivity index (χ4n) is 3.39. The van der Waals surface area contributed by atoms with Crippen LogP contribution in [0.1, 0.15) is 84.0 Å². The van der Waals surface area contributed by atoms with Gasteiger partial charge in [-0.2, -0.15) is 0 Å². The van der Waals surface area contributed by atoms with E-state index in [1.54, 1.807) is 0 Å². The Morgan fingerprint density at radius 2 is 1.61 bits per heavy atom. The lowest BCUT2D eigenvalue weighted by molar-refractivity contribution is -0.137. The highest BCUT2D eigenvalue weighted by atomic mass is 32.2. The Labute approximate surface area is 199 Å². The number of aliphatic carboxylic acids is 1. The third kappa shape index (κ3) is 10.3. The smallest absolute Gasteiger partial charge is 0.303 e. The Balaban J connectivity index is 1.80. The predicted octanol–water partition coefficient (Wildman–Crippen LogP) is 5.40. The van der Waals surface area contributed by atoms with Crippen molar-refractivity contribution in [3.63, 3.8) is 0 Å². The second-order valence-electron chi connectivity index (χ2n) is 8.10. The van der Waals surface area contributed by atoms with Gasteiger partial charge in [-0.3, -0.25) is 4.79 Å². The first-order valence-electron chi connectivity index (χ1n) is 11.9. The first-order valence-corrected chi connectivity index (χ1v) is 12.7. The van der Waals surface area contributed by atoms with Crippen molar-refractivity contribution in [2.24, 2.45) is 0 Å². The van der Waals surface area contributed by atoms with Crippen LogP contribution in [0.25, 0.3) is 0 Å². The number of hydrogen-bond donors (Lipinski definition) is 3. The van der Waals surface area contributed by atoms with E-state index in [1.807, 2.05) is 0 Å². The van der Waals surface area contributed by atoms with Crippen LogP contribution in [0.2, 0.25) is 0 Å². The van der Waals surface area contributed by atoms with Gasteiger partial charge in [0, 0.05) is 25.1 Å². The maximum Gasteiger partial charge on any atom is 0.303 e. The van der Waals surface area contributed by atoms with E-state index < -0.39 is 5.97 Å². The number of aromatic hydroxyl groups is 2. The van der Waals surface area contributed by atoms with Crippen LogP contribution in [0.3, 0.4) is 0 Å². The molecule has 2 rings (SSSR count). The number of aromatic nitrogens is 4. The van der Waals surface area contributed by atoms with Gasteiger partial charge in [0.05, 0.1) is 11.5 Å². The summed E-state index contributed by atoms with van der Waals surface area (Å²) in [5.74, 6) is -0.929. The summed E-state index contributed by atoms with van der Waals surface area (Å²) in [6.45, 7) is 3.11. The zero-order chi connectivity index (χ0) is 23.9. The average molecular weight is 481 g/mol. The molecule has 0 spiro atoms. The maximum absolute atomic E-state index is 10.7. The van der Waals surface area contributed by atoms with Crippen LogP contribution in [0, 0.1) is 0 Å². The van der Waals surface area contributed by atoms with Gasteiger partial charge in [-0.05, 0) is 35.0 Å². The molecule has 1 aromatic heterocycles. The van der Waals surface area contributed by atoms with Gasteiger partial charge in [0.25, 0.3) is 0 Å². The molecular weight excluding hydrogens is 444 g/mol. The number of phenolic OH excluding ortho intramolecular Hbond substituents is 2. The van der Waals surface area contributed by atoms with Gasteiger partial charge >= 0.3 is 5.97 Å². The third-order valence-electron chi connectivity index (χ3n) is 5.26. The molecule has 0 radical (unpaired) electrons. The second kappa shape index (κ2) is 15.4. The largest absolute Gasteiger partial charge is 0.504 e. The molecule has 2 aromatic rings. The fraction of sp³-hybridized carbons (Fsp3) is 0.652. The normalized spacial score (nSPS) is 11.1. The van der Waals surface area contributed by atoms with Crippen molar-refractivity contribution < 1.29 is 24.9 Å². The van der Waals surface area contributed by atoms with Crippen LogP contribution in [0.4, 0.5) is 0 Å². The number of phenols is 2. The lowest BCUT2D eigenvalue weighted by Gasteiger charge is -2.12. The summed E-state index contributed by atoms with van der Waals surface area (Å²) in [5, 5.41) is 40.7. The minimum absolute atomic E-state index is 0.0250. The van der Waals surface area contributed by atoms with Crippen molar-refractivity contribution in [3.05, 3.63) is 12.1 Å². The molecule has 3 N–H and O–H groups in total. The molecule has 0 fully saturated rings. The van der Waals surface area contributed by atoms with E-state index in [4.69, 9.17) is 9.84 Å². The van der Waals surface area contributed by atoms with Crippen molar-refractivity contribution >= 4 is 17.7 Å². The summed E-state index contributed by atoms with van der Waals surface area (Å²) < 4.78 is 7.42. The molecular formula is C23H36N4O5S. The number of carbonyl (C=O) groups is 1. The molecule has 1 aromatic carbocycles. The van der Waals surface area contributed by atoms with Gasteiger partial charge in [-0.25, -0.2) is 4.68 Å². The van der Waals surface area contributed by atoms with Gasteiger partial charge in [-0.1, -0.05) is 64.7 Å². The SMILES string of the molecule is CCCCCCCCCCCCOc1cc(O)c(O)cc1Sc1nnnn1CCCC(=O)O. The Kier molecular flexibility index (Phi) is 12.5. The van der Waals surface area contributed by atoms with E-state index in [9.17, 15) is 15.0 Å². The van der Waals surface area contributed by atoms with Crippen molar-refractivity contribution in [1.82, 2.24) is 20.2 Å². The monoisotopic (exact) mass is 480 g/mol. The number of carboxylic acids is 1. The first kappa shape index (κ1) is 26.8. The molecule has 10 heteroatoms. The molecule has 0 atom stereocenters. The summed E-state index contributed by atoms with van der Waals surface area (Å²) in [6, 6.07) is 2.82. The van der Waals surface area contributed by atoms with E-state index in [0.717, 1.165) is 12.8 Å². The van der Waals surface area contributed by atoms with Crippen LogP contribution < -0.4 is 4.74 Å². The third-order valence-corrected chi connectivity index (χ3v) is 6.27. The van der Waals surface area contributed by atoms with E-state index in [1.165, 1.54) is 79.9 Å². The number of benzene rings is 1. The van der Waals surface area contributed by atoms with Gasteiger partial charge in [0.15, 0.2) is 11.5 Å². The fourth-order valence-corrected chi connectivity index (χ4v) is 4.29. The van der Waals surface area contributed by atoms with Crippen LogP contribution in [0.15, 0.2) is 22.2 Å². The lowest BCUT2D eigenvalue weighted by atomic mass is 10.1. The minimum atomic E-state index is -0.872. The number of aryl methyl sites for hydroxylation is 1. The summed E-state index contributed by atoms with van der Waals surface area (Å²) in [5.41, 5.74) is 0. The van der Waals surface area contributed by atoms with Gasteiger partial charge in [-0.15, -0.1) is 5.10 Å². The zero-order valence-electron chi connectivity index (χ0n) is 19.4. The number of carboxylic acid groups (broad SMARTS) is 1. The van der Waals surface area contributed by atoms with E-state index in [2.05, 4.69) is 22.4 Å². The van der Waals surface area contributed by atoms with Crippen LogP contribution in [0.5, 0.6) is 17.2 Å². The first-order chi connectivity index (χ1) is 16.0. The molecule has 0 unspecified atom stereocenters. The highest BCUT2D eigenvalue weighted by Gasteiger charge is 2.16. The van der Waals surface area contributed by atoms with Crippen LogP contribution in [-0.4, -0.2) is 48.1 Å². The molecule has 0 aliphatic rings. The zero-order valence-corrected chi connectivity index (χ0v) is 20.2. The highest BCUT2D eigenvalue weighted by Crippen LogP contribution is 2.41. The average Bonchev–Trinajstić information content (AvgIpc) is 3.21.